The number of hydrogen-bond acceptors (Lipinski definition) is 5. The molecule has 0 saturated carbocycles. The van der Waals surface area contributed by atoms with Gasteiger partial charge in [0.2, 0.25) is 0 Å². The highest BCUT2D eigenvalue weighted by molar-refractivity contribution is 5.69. The largest absolute Gasteiger partial charge is 0.480 e. The highest BCUT2D eigenvalue weighted by atomic mass is 16.4. The maximum atomic E-state index is 11.0. The first-order chi connectivity index (χ1) is 10.1. The van der Waals surface area contributed by atoms with Gasteiger partial charge in [0.05, 0.1) is 18.8 Å². The van der Waals surface area contributed by atoms with Gasteiger partial charge < -0.3 is 5.11 Å². The standard InChI is InChI=1S/C14H19N5O2/c1-3-11(2)18(10-14(20)21)9-13-15-16-17-19(13)12-7-5-4-6-8-12/h4-8,11H,3,9-10H2,1-2H3,(H,20,21). The van der Waals surface area contributed by atoms with Crippen LogP contribution in [0.25, 0.3) is 5.69 Å². The molecule has 112 valence electrons. The van der Waals surface area contributed by atoms with Gasteiger partial charge in [-0.3, -0.25) is 9.69 Å². The van der Waals surface area contributed by atoms with E-state index in [-0.39, 0.29) is 12.6 Å². The molecule has 0 bridgehead atoms. The van der Waals surface area contributed by atoms with Crippen LogP contribution in [0.2, 0.25) is 0 Å². The van der Waals surface area contributed by atoms with E-state index in [4.69, 9.17) is 5.11 Å². The van der Waals surface area contributed by atoms with Crippen molar-refractivity contribution in [1.82, 2.24) is 25.1 Å². The molecule has 0 aliphatic rings. The molecule has 0 spiro atoms. The molecule has 1 N–H and O–H groups in total. The first-order valence-corrected chi connectivity index (χ1v) is 6.90. The summed E-state index contributed by atoms with van der Waals surface area (Å²) in [6.45, 7) is 4.39. The Kier molecular flexibility index (Phi) is 4.99. The summed E-state index contributed by atoms with van der Waals surface area (Å²) in [6.07, 6.45) is 0.861. The highest BCUT2D eigenvalue weighted by Gasteiger charge is 2.19. The van der Waals surface area contributed by atoms with Gasteiger partial charge in [0.1, 0.15) is 0 Å². The minimum absolute atomic E-state index is 0.0311. The average Bonchev–Trinajstić information content (AvgIpc) is 2.94. The van der Waals surface area contributed by atoms with E-state index >= 15 is 0 Å². The van der Waals surface area contributed by atoms with Crippen molar-refractivity contribution in [3.8, 4) is 5.69 Å². The second-order valence-electron chi connectivity index (χ2n) is 4.90. The predicted molar refractivity (Wildman–Crippen MR) is 77.0 cm³/mol. The fraction of sp³-hybridized carbons (Fsp3) is 0.429. The maximum Gasteiger partial charge on any atom is 0.317 e. The lowest BCUT2D eigenvalue weighted by Gasteiger charge is -2.25. The summed E-state index contributed by atoms with van der Waals surface area (Å²) in [4.78, 5) is 12.9. The van der Waals surface area contributed by atoms with Gasteiger partial charge in [0, 0.05) is 6.04 Å². The number of para-hydroxylation sites is 1. The Balaban J connectivity index is 2.22. The third-order valence-corrected chi connectivity index (χ3v) is 3.43. The SMILES string of the molecule is CCC(C)N(CC(=O)O)Cc1nnnn1-c1ccccc1. The predicted octanol–water partition coefficient (Wildman–Crippen LogP) is 1.35. The fourth-order valence-electron chi connectivity index (χ4n) is 2.06. The number of hydrogen-bond donors (Lipinski definition) is 1. The van der Waals surface area contributed by atoms with Crippen LogP contribution in [0.15, 0.2) is 30.3 Å². The Labute approximate surface area is 123 Å². The van der Waals surface area contributed by atoms with Gasteiger partial charge in [-0.05, 0) is 35.9 Å². The number of carboxylic acid groups (broad SMARTS) is 1. The second-order valence-corrected chi connectivity index (χ2v) is 4.90. The molecule has 1 heterocycles. The quantitative estimate of drug-likeness (QED) is 0.828. The van der Waals surface area contributed by atoms with Gasteiger partial charge in [-0.25, -0.2) is 0 Å². The Hall–Kier alpha value is -2.28. The molecule has 1 aromatic heterocycles. The third kappa shape index (κ3) is 3.85. The van der Waals surface area contributed by atoms with E-state index in [2.05, 4.69) is 15.5 Å². The molecule has 0 amide bonds. The number of aliphatic carboxylic acids is 1. The maximum absolute atomic E-state index is 11.0. The van der Waals surface area contributed by atoms with Crippen molar-refractivity contribution in [1.29, 1.82) is 0 Å². The van der Waals surface area contributed by atoms with Crippen molar-refractivity contribution in [2.24, 2.45) is 0 Å². The van der Waals surface area contributed by atoms with Crippen LogP contribution >= 0.6 is 0 Å². The van der Waals surface area contributed by atoms with Crippen LogP contribution < -0.4 is 0 Å². The van der Waals surface area contributed by atoms with Crippen LogP contribution in [-0.2, 0) is 11.3 Å². The first kappa shape index (κ1) is 15.1. The zero-order chi connectivity index (χ0) is 15.2. The summed E-state index contributed by atoms with van der Waals surface area (Å²) < 4.78 is 1.64. The summed E-state index contributed by atoms with van der Waals surface area (Å²) in [5.41, 5.74) is 0.858. The number of rotatable bonds is 7. The summed E-state index contributed by atoms with van der Waals surface area (Å²) in [6, 6.07) is 9.69. The molecule has 21 heavy (non-hydrogen) atoms. The number of nitrogens with zero attached hydrogens (tertiary/aromatic N) is 5. The molecule has 1 aromatic carbocycles. The van der Waals surface area contributed by atoms with Crippen LogP contribution in [0, 0.1) is 0 Å². The summed E-state index contributed by atoms with van der Waals surface area (Å²) in [5, 5.41) is 20.8. The lowest BCUT2D eigenvalue weighted by molar-refractivity contribution is -0.139. The lowest BCUT2D eigenvalue weighted by Crippen LogP contribution is -2.37. The number of carboxylic acids is 1. The number of aromatic nitrogens is 4. The van der Waals surface area contributed by atoms with Crippen molar-refractivity contribution in [3.05, 3.63) is 36.2 Å². The number of tetrazole rings is 1. The van der Waals surface area contributed by atoms with Gasteiger partial charge in [-0.2, -0.15) is 4.68 Å². The van der Waals surface area contributed by atoms with Gasteiger partial charge in [0.15, 0.2) is 5.82 Å². The minimum atomic E-state index is -0.853. The molecule has 7 nitrogen and oxygen atoms in total. The summed E-state index contributed by atoms with van der Waals surface area (Å²) in [5.74, 6) is -0.225. The van der Waals surface area contributed by atoms with Gasteiger partial charge in [-0.1, -0.05) is 25.1 Å². The molecule has 2 aromatic rings. The van der Waals surface area contributed by atoms with Crippen molar-refractivity contribution < 1.29 is 9.90 Å². The Morgan fingerprint density at radius 3 is 2.71 bits per heavy atom. The molecule has 0 aliphatic carbocycles. The van der Waals surface area contributed by atoms with Crippen molar-refractivity contribution in [2.45, 2.75) is 32.9 Å². The van der Waals surface area contributed by atoms with E-state index in [1.54, 1.807) is 4.68 Å². The molecule has 0 aliphatic heterocycles. The molecule has 1 atom stereocenters. The molecular weight excluding hydrogens is 270 g/mol. The highest BCUT2D eigenvalue weighted by Crippen LogP contribution is 2.12. The van der Waals surface area contributed by atoms with Crippen LogP contribution in [0.3, 0.4) is 0 Å². The van der Waals surface area contributed by atoms with Crippen molar-refractivity contribution >= 4 is 5.97 Å². The Bertz CT molecular complexity index is 584. The van der Waals surface area contributed by atoms with Crippen molar-refractivity contribution in [2.75, 3.05) is 6.54 Å². The normalized spacial score (nSPS) is 12.5. The molecule has 7 heteroatoms. The van der Waals surface area contributed by atoms with Crippen LogP contribution in [-0.4, -0.2) is 48.8 Å². The topological polar surface area (TPSA) is 84.1 Å². The second kappa shape index (κ2) is 6.94. The van der Waals surface area contributed by atoms with E-state index in [1.807, 2.05) is 49.1 Å². The molecule has 1 unspecified atom stereocenters. The van der Waals surface area contributed by atoms with Crippen LogP contribution in [0.1, 0.15) is 26.1 Å². The van der Waals surface area contributed by atoms with E-state index in [1.165, 1.54) is 0 Å². The summed E-state index contributed by atoms with van der Waals surface area (Å²) in [7, 11) is 0. The molecule has 0 saturated heterocycles. The van der Waals surface area contributed by atoms with Gasteiger partial charge in [0.25, 0.3) is 0 Å². The monoisotopic (exact) mass is 289 g/mol. The van der Waals surface area contributed by atoms with Gasteiger partial charge >= 0.3 is 5.97 Å². The van der Waals surface area contributed by atoms with E-state index in [0.717, 1.165) is 12.1 Å². The molecule has 0 fully saturated rings. The van der Waals surface area contributed by atoms with Crippen molar-refractivity contribution in [3.63, 3.8) is 0 Å². The number of carbonyl (C=O) groups is 1. The van der Waals surface area contributed by atoms with E-state index < -0.39 is 5.97 Å². The smallest absolute Gasteiger partial charge is 0.317 e. The van der Waals surface area contributed by atoms with E-state index in [0.29, 0.717) is 12.4 Å². The average molecular weight is 289 g/mol. The van der Waals surface area contributed by atoms with Crippen LogP contribution in [0.4, 0.5) is 0 Å². The lowest BCUT2D eigenvalue weighted by atomic mass is 10.2. The zero-order valence-electron chi connectivity index (χ0n) is 12.2. The molecule has 2 rings (SSSR count). The zero-order valence-corrected chi connectivity index (χ0v) is 12.2. The first-order valence-electron chi connectivity index (χ1n) is 6.90. The fourth-order valence-corrected chi connectivity index (χ4v) is 2.06. The van der Waals surface area contributed by atoms with E-state index in [9.17, 15) is 4.79 Å². The number of benzene rings is 1. The molecule has 0 radical (unpaired) electrons. The molecular formula is C14H19N5O2. The van der Waals surface area contributed by atoms with Crippen LogP contribution in [0.5, 0.6) is 0 Å². The van der Waals surface area contributed by atoms with Gasteiger partial charge in [-0.15, -0.1) is 5.10 Å². The Morgan fingerprint density at radius 2 is 2.10 bits per heavy atom. The third-order valence-electron chi connectivity index (χ3n) is 3.43. The minimum Gasteiger partial charge on any atom is -0.480 e. The summed E-state index contributed by atoms with van der Waals surface area (Å²) >= 11 is 0. The Morgan fingerprint density at radius 1 is 1.38 bits per heavy atom.